The van der Waals surface area contributed by atoms with Crippen LogP contribution in [0.3, 0.4) is 0 Å². The summed E-state index contributed by atoms with van der Waals surface area (Å²) in [6.07, 6.45) is -2.80. The van der Waals surface area contributed by atoms with Crippen molar-refractivity contribution in [2.45, 2.75) is 19.1 Å². The van der Waals surface area contributed by atoms with Crippen molar-refractivity contribution >= 4 is 27.8 Å². The van der Waals surface area contributed by atoms with Gasteiger partial charge in [0.25, 0.3) is 5.91 Å². The van der Waals surface area contributed by atoms with Crippen molar-refractivity contribution in [3.63, 3.8) is 0 Å². The standard InChI is InChI=1S/C24H22F3N3O4S/c1-17(23(31)29-28-16-18-8-6-7-11-22(18)24(25,26)27)30(35(2,32)33)19-12-14-21(15-13-19)34-20-9-4-3-5-10-20/h3-17H,1-2H3,(H,29,31)/b28-16-/t17-/m1/s1. The van der Waals surface area contributed by atoms with E-state index in [2.05, 4.69) is 10.5 Å². The molecule has 0 heterocycles. The van der Waals surface area contributed by atoms with Gasteiger partial charge in [-0.15, -0.1) is 0 Å². The Morgan fingerprint density at radius 1 is 0.971 bits per heavy atom. The van der Waals surface area contributed by atoms with E-state index in [9.17, 15) is 26.4 Å². The number of hydrogen-bond acceptors (Lipinski definition) is 5. The molecule has 1 N–H and O–H groups in total. The van der Waals surface area contributed by atoms with Gasteiger partial charge in [-0.05, 0) is 49.4 Å². The second-order valence-corrected chi connectivity index (χ2v) is 9.32. The molecule has 0 aromatic heterocycles. The Morgan fingerprint density at radius 2 is 1.54 bits per heavy atom. The zero-order chi connectivity index (χ0) is 25.6. The van der Waals surface area contributed by atoms with Gasteiger partial charge in [0, 0.05) is 5.56 Å². The Labute approximate surface area is 200 Å². The molecule has 0 saturated carbocycles. The zero-order valence-electron chi connectivity index (χ0n) is 18.7. The Bertz CT molecular complexity index is 1300. The minimum Gasteiger partial charge on any atom is -0.457 e. The third kappa shape index (κ3) is 6.82. The summed E-state index contributed by atoms with van der Waals surface area (Å²) in [4.78, 5) is 12.6. The summed E-state index contributed by atoms with van der Waals surface area (Å²) >= 11 is 0. The Morgan fingerprint density at radius 3 is 2.14 bits per heavy atom. The smallest absolute Gasteiger partial charge is 0.417 e. The lowest BCUT2D eigenvalue weighted by atomic mass is 10.1. The van der Waals surface area contributed by atoms with Crippen molar-refractivity contribution in [2.75, 3.05) is 10.6 Å². The summed E-state index contributed by atoms with van der Waals surface area (Å²) < 4.78 is 70.8. The Kier molecular flexibility index (Phi) is 7.80. The number of hydrazone groups is 1. The average Bonchev–Trinajstić information content (AvgIpc) is 2.79. The summed E-state index contributed by atoms with van der Waals surface area (Å²) in [5, 5.41) is 3.59. The molecule has 0 saturated heterocycles. The number of hydrogen-bond donors (Lipinski definition) is 1. The van der Waals surface area contributed by atoms with Gasteiger partial charge in [-0.3, -0.25) is 9.10 Å². The molecule has 0 radical (unpaired) electrons. The van der Waals surface area contributed by atoms with Crippen LogP contribution in [0, 0.1) is 0 Å². The molecule has 184 valence electrons. The van der Waals surface area contributed by atoms with Crippen molar-refractivity contribution < 1.29 is 31.1 Å². The summed E-state index contributed by atoms with van der Waals surface area (Å²) in [6.45, 7) is 1.34. The number of rotatable bonds is 8. The van der Waals surface area contributed by atoms with E-state index < -0.39 is 33.7 Å². The molecule has 3 rings (SSSR count). The van der Waals surface area contributed by atoms with Gasteiger partial charge < -0.3 is 4.74 Å². The van der Waals surface area contributed by atoms with E-state index in [1.54, 1.807) is 36.4 Å². The van der Waals surface area contributed by atoms with Crippen molar-refractivity contribution in [2.24, 2.45) is 5.10 Å². The highest BCUT2D eigenvalue weighted by Crippen LogP contribution is 2.31. The molecule has 0 bridgehead atoms. The quantitative estimate of drug-likeness (QED) is 0.352. The average molecular weight is 506 g/mol. The monoisotopic (exact) mass is 505 g/mol. The normalized spacial score (nSPS) is 12.8. The minimum atomic E-state index is -4.59. The molecule has 0 aliphatic rings. The van der Waals surface area contributed by atoms with Gasteiger partial charge in [-0.25, -0.2) is 13.8 Å². The number of amides is 1. The van der Waals surface area contributed by atoms with Gasteiger partial charge in [0.2, 0.25) is 10.0 Å². The second-order valence-electron chi connectivity index (χ2n) is 7.46. The van der Waals surface area contributed by atoms with Crippen LogP contribution in [0.25, 0.3) is 0 Å². The molecule has 35 heavy (non-hydrogen) atoms. The molecular formula is C24H22F3N3O4S. The van der Waals surface area contributed by atoms with Crippen LogP contribution >= 0.6 is 0 Å². The van der Waals surface area contributed by atoms with Crippen LogP contribution in [-0.2, 0) is 21.0 Å². The van der Waals surface area contributed by atoms with E-state index in [-0.39, 0.29) is 11.3 Å². The molecule has 3 aromatic carbocycles. The van der Waals surface area contributed by atoms with Crippen LogP contribution in [0.5, 0.6) is 11.5 Å². The topological polar surface area (TPSA) is 88.1 Å². The van der Waals surface area contributed by atoms with Crippen molar-refractivity contribution in [1.29, 1.82) is 0 Å². The molecule has 3 aromatic rings. The van der Waals surface area contributed by atoms with E-state index in [1.165, 1.54) is 37.3 Å². The van der Waals surface area contributed by atoms with E-state index in [4.69, 9.17) is 4.74 Å². The van der Waals surface area contributed by atoms with Crippen LogP contribution in [0.2, 0.25) is 0 Å². The fraction of sp³-hybridized carbons (Fsp3) is 0.167. The van der Waals surface area contributed by atoms with Gasteiger partial charge in [0.05, 0.1) is 23.7 Å². The van der Waals surface area contributed by atoms with Crippen LogP contribution in [0.1, 0.15) is 18.1 Å². The summed E-state index contributed by atoms with van der Waals surface area (Å²) in [5.41, 5.74) is 1.14. The van der Waals surface area contributed by atoms with Crippen molar-refractivity contribution in [3.05, 3.63) is 90.0 Å². The Balaban J connectivity index is 1.75. The number of para-hydroxylation sites is 1. The lowest BCUT2D eigenvalue weighted by Crippen LogP contribution is -2.46. The molecule has 0 spiro atoms. The number of anilines is 1. The lowest BCUT2D eigenvalue weighted by molar-refractivity contribution is -0.137. The third-order valence-electron chi connectivity index (χ3n) is 4.80. The second kappa shape index (κ2) is 10.6. The number of sulfonamides is 1. The highest BCUT2D eigenvalue weighted by molar-refractivity contribution is 7.92. The number of halogens is 3. The largest absolute Gasteiger partial charge is 0.457 e. The Hall–Kier alpha value is -3.86. The molecule has 0 fully saturated rings. The van der Waals surface area contributed by atoms with Crippen molar-refractivity contribution in [1.82, 2.24) is 5.43 Å². The van der Waals surface area contributed by atoms with E-state index in [1.807, 2.05) is 6.07 Å². The number of benzene rings is 3. The van der Waals surface area contributed by atoms with Gasteiger partial charge in [-0.1, -0.05) is 36.4 Å². The molecule has 11 heteroatoms. The number of carbonyl (C=O) groups excluding carboxylic acids is 1. The number of alkyl halides is 3. The number of nitrogens with zero attached hydrogens (tertiary/aromatic N) is 2. The first-order valence-corrected chi connectivity index (χ1v) is 12.1. The van der Waals surface area contributed by atoms with Gasteiger partial charge in [0.15, 0.2) is 0 Å². The highest BCUT2D eigenvalue weighted by Gasteiger charge is 2.33. The molecule has 1 amide bonds. The van der Waals surface area contributed by atoms with Gasteiger partial charge in [-0.2, -0.15) is 18.3 Å². The van der Waals surface area contributed by atoms with Crippen LogP contribution in [0.15, 0.2) is 84.0 Å². The maximum atomic E-state index is 13.1. The summed E-state index contributed by atoms with van der Waals surface area (Å²) in [5.74, 6) is 0.220. The lowest BCUT2D eigenvalue weighted by Gasteiger charge is -2.27. The van der Waals surface area contributed by atoms with E-state index in [0.29, 0.717) is 11.5 Å². The SMILES string of the molecule is C[C@H](C(=O)N/N=C\c1ccccc1C(F)(F)F)N(c1ccc(Oc2ccccc2)cc1)S(C)(=O)=O. The van der Waals surface area contributed by atoms with Gasteiger partial charge in [0.1, 0.15) is 17.5 Å². The van der Waals surface area contributed by atoms with E-state index >= 15 is 0 Å². The molecule has 0 aliphatic heterocycles. The molecule has 0 unspecified atom stereocenters. The van der Waals surface area contributed by atoms with Crippen LogP contribution in [-0.4, -0.2) is 32.8 Å². The van der Waals surface area contributed by atoms with Crippen molar-refractivity contribution in [3.8, 4) is 11.5 Å². The van der Waals surface area contributed by atoms with Crippen LogP contribution in [0.4, 0.5) is 18.9 Å². The summed E-state index contributed by atoms with van der Waals surface area (Å²) in [6, 6.07) is 18.5. The first-order chi connectivity index (χ1) is 16.5. The predicted octanol–water partition coefficient (Wildman–Crippen LogP) is 4.80. The minimum absolute atomic E-state index is 0.196. The van der Waals surface area contributed by atoms with Crippen LogP contribution < -0.4 is 14.5 Å². The maximum absolute atomic E-state index is 13.1. The van der Waals surface area contributed by atoms with Gasteiger partial charge >= 0.3 is 6.18 Å². The fourth-order valence-electron chi connectivity index (χ4n) is 3.22. The summed E-state index contributed by atoms with van der Waals surface area (Å²) in [7, 11) is -3.91. The molecular weight excluding hydrogens is 483 g/mol. The first kappa shape index (κ1) is 25.8. The maximum Gasteiger partial charge on any atom is 0.417 e. The fourth-order valence-corrected chi connectivity index (χ4v) is 4.40. The third-order valence-corrected chi connectivity index (χ3v) is 6.04. The number of ether oxygens (including phenoxy) is 1. The molecule has 7 nitrogen and oxygen atoms in total. The van der Waals surface area contributed by atoms with E-state index in [0.717, 1.165) is 22.8 Å². The first-order valence-electron chi connectivity index (χ1n) is 10.3. The number of nitrogens with one attached hydrogen (secondary N) is 1. The highest BCUT2D eigenvalue weighted by atomic mass is 32.2. The zero-order valence-corrected chi connectivity index (χ0v) is 19.5. The number of carbonyl (C=O) groups is 1. The molecule has 1 atom stereocenters. The predicted molar refractivity (Wildman–Crippen MR) is 127 cm³/mol. The molecule has 0 aliphatic carbocycles.